The molecule has 0 bridgehead atoms. The summed E-state index contributed by atoms with van der Waals surface area (Å²) in [5.41, 5.74) is 2.34. The summed E-state index contributed by atoms with van der Waals surface area (Å²) in [6.45, 7) is 5.64. The van der Waals surface area contributed by atoms with E-state index in [9.17, 15) is 0 Å². The first kappa shape index (κ1) is 9.04. The van der Waals surface area contributed by atoms with E-state index in [1.165, 1.54) is 0 Å². The molecule has 0 unspecified atom stereocenters. The van der Waals surface area contributed by atoms with Gasteiger partial charge in [0.1, 0.15) is 0 Å². The predicted octanol–water partition coefficient (Wildman–Crippen LogP) is 0.400. The van der Waals surface area contributed by atoms with Gasteiger partial charge in [-0.3, -0.25) is 0 Å². The summed E-state index contributed by atoms with van der Waals surface area (Å²) in [5, 5.41) is 17.7. The number of benzene rings is 1. The summed E-state index contributed by atoms with van der Waals surface area (Å²) in [7, 11) is -1.40. The van der Waals surface area contributed by atoms with E-state index in [1.54, 1.807) is 18.2 Å². The van der Waals surface area contributed by atoms with E-state index in [2.05, 4.69) is 6.58 Å². The van der Waals surface area contributed by atoms with Crippen molar-refractivity contribution in [1.29, 1.82) is 0 Å². The largest absolute Gasteiger partial charge is 0.488 e. The Bertz CT molecular complexity index is 294. The lowest BCUT2D eigenvalue weighted by molar-refractivity contribution is 0.426. The second-order valence-electron chi connectivity index (χ2n) is 2.78. The highest BCUT2D eigenvalue weighted by molar-refractivity contribution is 6.58. The van der Waals surface area contributed by atoms with Crippen LogP contribution in [0.5, 0.6) is 0 Å². The van der Waals surface area contributed by atoms with Crippen LogP contribution in [-0.4, -0.2) is 17.2 Å². The van der Waals surface area contributed by atoms with Crippen molar-refractivity contribution in [3.8, 4) is 0 Å². The smallest absolute Gasteiger partial charge is 0.423 e. The zero-order valence-electron chi connectivity index (χ0n) is 6.99. The first-order valence-electron chi connectivity index (χ1n) is 3.73. The molecule has 0 saturated carbocycles. The molecule has 1 aromatic rings. The van der Waals surface area contributed by atoms with Gasteiger partial charge in [-0.05, 0) is 17.9 Å². The molecule has 0 aliphatic heterocycles. The minimum atomic E-state index is -1.40. The minimum Gasteiger partial charge on any atom is -0.423 e. The van der Waals surface area contributed by atoms with Crippen LogP contribution in [0.3, 0.4) is 0 Å². The molecule has 0 radical (unpaired) electrons. The fourth-order valence-electron chi connectivity index (χ4n) is 0.965. The van der Waals surface area contributed by atoms with Crippen LogP contribution >= 0.6 is 0 Å². The molecule has 0 fully saturated rings. The fourth-order valence-corrected chi connectivity index (χ4v) is 0.965. The molecule has 0 aliphatic carbocycles. The molecule has 0 aliphatic rings. The third kappa shape index (κ3) is 1.97. The Kier molecular flexibility index (Phi) is 2.68. The van der Waals surface area contributed by atoms with Crippen molar-refractivity contribution in [2.45, 2.75) is 6.92 Å². The van der Waals surface area contributed by atoms with Crippen LogP contribution in [-0.2, 0) is 0 Å². The number of hydrogen-bond donors (Lipinski definition) is 2. The van der Waals surface area contributed by atoms with Crippen LogP contribution in [0.15, 0.2) is 30.8 Å². The van der Waals surface area contributed by atoms with Crippen molar-refractivity contribution >= 4 is 18.2 Å². The van der Waals surface area contributed by atoms with Crippen LogP contribution in [0.1, 0.15) is 12.5 Å². The van der Waals surface area contributed by atoms with Gasteiger partial charge in [0.25, 0.3) is 0 Å². The van der Waals surface area contributed by atoms with E-state index >= 15 is 0 Å². The normalized spacial score (nSPS) is 9.58. The average Bonchev–Trinajstić information content (AvgIpc) is 2.04. The van der Waals surface area contributed by atoms with E-state index in [4.69, 9.17) is 10.0 Å². The van der Waals surface area contributed by atoms with E-state index in [0.29, 0.717) is 5.46 Å². The predicted molar refractivity (Wildman–Crippen MR) is 51.0 cm³/mol. The van der Waals surface area contributed by atoms with Crippen LogP contribution in [0.4, 0.5) is 0 Å². The van der Waals surface area contributed by atoms with Crippen molar-refractivity contribution in [1.82, 2.24) is 0 Å². The molecule has 2 nitrogen and oxygen atoms in total. The quantitative estimate of drug-likeness (QED) is 0.618. The zero-order chi connectivity index (χ0) is 9.14. The molecule has 0 aromatic heterocycles. The number of hydrogen-bond acceptors (Lipinski definition) is 2. The Hall–Kier alpha value is -1.06. The molecule has 3 heteroatoms. The van der Waals surface area contributed by atoms with E-state index in [-0.39, 0.29) is 0 Å². The molecule has 1 aromatic carbocycles. The maximum absolute atomic E-state index is 8.86. The highest BCUT2D eigenvalue weighted by Gasteiger charge is 2.10. The Morgan fingerprint density at radius 1 is 1.42 bits per heavy atom. The Morgan fingerprint density at radius 3 is 2.58 bits per heavy atom. The van der Waals surface area contributed by atoms with Gasteiger partial charge in [-0.2, -0.15) is 0 Å². The first-order chi connectivity index (χ1) is 5.61. The van der Waals surface area contributed by atoms with Crippen molar-refractivity contribution in [2.75, 3.05) is 0 Å². The van der Waals surface area contributed by atoms with Crippen LogP contribution in [0.2, 0.25) is 0 Å². The lowest BCUT2D eigenvalue weighted by Crippen LogP contribution is -2.29. The molecule has 12 heavy (non-hydrogen) atoms. The lowest BCUT2D eigenvalue weighted by atomic mass is 9.79. The Labute approximate surface area is 72.3 Å². The maximum atomic E-state index is 8.86. The fraction of sp³-hybridized carbons (Fsp3) is 0.111. The van der Waals surface area contributed by atoms with E-state index in [1.807, 2.05) is 13.0 Å². The van der Waals surface area contributed by atoms with Crippen molar-refractivity contribution in [3.63, 3.8) is 0 Å². The third-order valence-electron chi connectivity index (χ3n) is 1.68. The summed E-state index contributed by atoms with van der Waals surface area (Å²) < 4.78 is 0. The molecule has 0 spiro atoms. The van der Waals surface area contributed by atoms with Crippen molar-refractivity contribution in [3.05, 3.63) is 36.4 Å². The van der Waals surface area contributed by atoms with Crippen LogP contribution in [0, 0.1) is 0 Å². The SMILES string of the molecule is C=C(C)c1cccc(B(O)O)c1. The summed E-state index contributed by atoms with van der Waals surface area (Å²) >= 11 is 0. The van der Waals surface area contributed by atoms with Gasteiger partial charge in [-0.15, -0.1) is 0 Å². The second-order valence-corrected chi connectivity index (χ2v) is 2.78. The monoisotopic (exact) mass is 162 g/mol. The summed E-state index contributed by atoms with van der Waals surface area (Å²) in [4.78, 5) is 0. The molecule has 0 heterocycles. The van der Waals surface area contributed by atoms with Gasteiger partial charge in [0.15, 0.2) is 0 Å². The number of rotatable bonds is 2. The third-order valence-corrected chi connectivity index (χ3v) is 1.68. The van der Waals surface area contributed by atoms with E-state index < -0.39 is 7.12 Å². The first-order valence-corrected chi connectivity index (χ1v) is 3.73. The van der Waals surface area contributed by atoms with Crippen molar-refractivity contribution < 1.29 is 10.0 Å². The summed E-state index contributed by atoms with van der Waals surface area (Å²) in [6.07, 6.45) is 0. The van der Waals surface area contributed by atoms with Gasteiger partial charge in [-0.25, -0.2) is 0 Å². The summed E-state index contributed by atoms with van der Waals surface area (Å²) in [6, 6.07) is 7.04. The second kappa shape index (κ2) is 3.56. The highest BCUT2D eigenvalue weighted by Crippen LogP contribution is 2.08. The van der Waals surface area contributed by atoms with Gasteiger partial charge in [0, 0.05) is 0 Å². The minimum absolute atomic E-state index is 0.496. The molecule has 1 rings (SSSR count). The van der Waals surface area contributed by atoms with Crippen LogP contribution < -0.4 is 5.46 Å². The topological polar surface area (TPSA) is 40.5 Å². The Balaban J connectivity index is 3.04. The van der Waals surface area contributed by atoms with Crippen molar-refractivity contribution in [2.24, 2.45) is 0 Å². The average molecular weight is 162 g/mol. The number of allylic oxidation sites excluding steroid dienone is 1. The van der Waals surface area contributed by atoms with Crippen LogP contribution in [0.25, 0.3) is 5.57 Å². The molecular weight excluding hydrogens is 151 g/mol. The van der Waals surface area contributed by atoms with Gasteiger partial charge in [-0.1, -0.05) is 36.4 Å². The van der Waals surface area contributed by atoms with E-state index in [0.717, 1.165) is 11.1 Å². The molecule has 0 saturated heterocycles. The summed E-state index contributed by atoms with van der Waals surface area (Å²) in [5.74, 6) is 0. The lowest BCUT2D eigenvalue weighted by Gasteiger charge is -2.02. The standard InChI is InChI=1S/C9H11BO2/c1-7(2)8-4-3-5-9(6-8)10(11)12/h3-6,11-12H,1H2,2H3. The highest BCUT2D eigenvalue weighted by atomic mass is 16.4. The molecular formula is C9H11BO2. The van der Waals surface area contributed by atoms with Gasteiger partial charge in [0.2, 0.25) is 0 Å². The van der Waals surface area contributed by atoms with Gasteiger partial charge >= 0.3 is 7.12 Å². The molecule has 62 valence electrons. The molecule has 0 atom stereocenters. The maximum Gasteiger partial charge on any atom is 0.488 e. The molecule has 2 N–H and O–H groups in total. The van der Waals surface area contributed by atoms with Gasteiger partial charge in [0.05, 0.1) is 0 Å². The molecule has 0 amide bonds. The zero-order valence-corrected chi connectivity index (χ0v) is 6.99. The van der Waals surface area contributed by atoms with Gasteiger partial charge < -0.3 is 10.0 Å². The Morgan fingerprint density at radius 2 is 2.08 bits per heavy atom.